The Labute approximate surface area is 183 Å². The van der Waals surface area contributed by atoms with Crippen LogP contribution in [0.2, 0.25) is 0 Å². The van der Waals surface area contributed by atoms with E-state index < -0.39 is 6.04 Å². The number of rotatable bonds is 9. The van der Waals surface area contributed by atoms with Crippen LogP contribution < -0.4 is 10.6 Å². The fourth-order valence-corrected chi connectivity index (χ4v) is 4.60. The molecule has 2 N–H and O–H groups in total. The van der Waals surface area contributed by atoms with Crippen molar-refractivity contribution in [3.05, 3.63) is 58.3 Å². The Bertz CT molecular complexity index is 784. The summed E-state index contributed by atoms with van der Waals surface area (Å²) in [5, 5.41) is 8.15. The summed E-state index contributed by atoms with van der Waals surface area (Å²) in [6.45, 7) is 7.81. The number of piperidine rings is 1. The van der Waals surface area contributed by atoms with Gasteiger partial charge < -0.3 is 10.6 Å². The smallest absolute Gasteiger partial charge is 0.247 e. The van der Waals surface area contributed by atoms with Crippen molar-refractivity contribution in [2.45, 2.75) is 45.7 Å². The molecule has 0 bridgehead atoms. The molecule has 0 spiro atoms. The van der Waals surface area contributed by atoms with Crippen molar-refractivity contribution < 1.29 is 9.59 Å². The fraction of sp³-hybridized carbons (Fsp3) is 0.500. The van der Waals surface area contributed by atoms with Gasteiger partial charge in [0.05, 0.1) is 0 Å². The highest BCUT2D eigenvalue weighted by Crippen LogP contribution is 2.21. The largest absolute Gasteiger partial charge is 0.354 e. The van der Waals surface area contributed by atoms with Crippen molar-refractivity contribution in [2.24, 2.45) is 11.8 Å². The Morgan fingerprint density at radius 1 is 1.10 bits per heavy atom. The summed E-state index contributed by atoms with van der Waals surface area (Å²) in [7, 11) is 0. The van der Waals surface area contributed by atoms with E-state index in [0.717, 1.165) is 38.0 Å². The first-order chi connectivity index (χ1) is 14.5. The molecule has 2 heterocycles. The van der Waals surface area contributed by atoms with Crippen LogP contribution in [0.1, 0.15) is 49.6 Å². The van der Waals surface area contributed by atoms with Gasteiger partial charge in [-0.25, -0.2) is 0 Å². The van der Waals surface area contributed by atoms with E-state index in [1.165, 1.54) is 4.88 Å². The summed E-state index contributed by atoms with van der Waals surface area (Å²) < 4.78 is 0. The molecule has 5 nitrogen and oxygen atoms in total. The first-order valence-electron chi connectivity index (χ1n) is 10.9. The number of thiophene rings is 1. The van der Waals surface area contributed by atoms with E-state index in [-0.39, 0.29) is 17.7 Å². The zero-order chi connectivity index (χ0) is 21.3. The van der Waals surface area contributed by atoms with Crippen LogP contribution in [-0.2, 0) is 16.1 Å². The highest BCUT2D eigenvalue weighted by atomic mass is 32.1. The second-order valence-corrected chi connectivity index (χ2v) is 9.59. The molecule has 0 radical (unpaired) electrons. The van der Waals surface area contributed by atoms with Gasteiger partial charge in [-0.15, -0.1) is 11.3 Å². The molecule has 30 heavy (non-hydrogen) atoms. The number of hydrogen-bond donors (Lipinski definition) is 2. The molecule has 1 aliphatic heterocycles. The van der Waals surface area contributed by atoms with Gasteiger partial charge in [-0.1, -0.05) is 50.2 Å². The fourth-order valence-electron chi connectivity index (χ4n) is 3.86. The Kier molecular flexibility index (Phi) is 8.46. The minimum atomic E-state index is -0.642. The van der Waals surface area contributed by atoms with Gasteiger partial charge in [-0.05, 0) is 54.8 Å². The van der Waals surface area contributed by atoms with Crippen molar-refractivity contribution in [1.29, 1.82) is 0 Å². The molecule has 6 heteroatoms. The topological polar surface area (TPSA) is 61.4 Å². The van der Waals surface area contributed by atoms with Gasteiger partial charge in [0.1, 0.15) is 6.04 Å². The highest BCUT2D eigenvalue weighted by molar-refractivity contribution is 7.09. The summed E-state index contributed by atoms with van der Waals surface area (Å²) in [5.41, 5.74) is 0.817. The number of carbonyl (C=O) groups excluding carboxylic acids is 2. The lowest BCUT2D eigenvalue weighted by atomic mass is 9.96. The van der Waals surface area contributed by atoms with E-state index in [1.807, 2.05) is 55.5 Å². The number of likely N-dealkylation sites (tertiary alicyclic amines) is 1. The van der Waals surface area contributed by atoms with Gasteiger partial charge in [0.15, 0.2) is 0 Å². The third-order valence-electron chi connectivity index (χ3n) is 5.53. The summed E-state index contributed by atoms with van der Waals surface area (Å²) in [6, 6.07) is 13.1. The van der Waals surface area contributed by atoms with E-state index in [4.69, 9.17) is 0 Å². The SMILES string of the molecule is CC(C)CC(=O)NC(C(=O)NCC1CCN(Cc2cccs2)CC1)c1ccccc1. The first kappa shape index (κ1) is 22.5. The maximum absolute atomic E-state index is 12.9. The molecule has 0 aliphatic carbocycles. The maximum atomic E-state index is 12.9. The molecule has 1 aromatic heterocycles. The molecule has 2 amide bonds. The van der Waals surface area contributed by atoms with Gasteiger partial charge in [0.25, 0.3) is 0 Å². The van der Waals surface area contributed by atoms with Crippen LogP contribution in [-0.4, -0.2) is 36.3 Å². The number of nitrogens with one attached hydrogen (secondary N) is 2. The second kappa shape index (κ2) is 11.3. The predicted molar refractivity (Wildman–Crippen MR) is 122 cm³/mol. The van der Waals surface area contributed by atoms with Crippen molar-refractivity contribution >= 4 is 23.2 Å². The first-order valence-corrected chi connectivity index (χ1v) is 11.8. The molecule has 1 fully saturated rings. The molecular formula is C24H33N3O2S. The van der Waals surface area contributed by atoms with Crippen LogP contribution in [0.15, 0.2) is 47.8 Å². The van der Waals surface area contributed by atoms with Crippen molar-refractivity contribution in [2.75, 3.05) is 19.6 Å². The average molecular weight is 428 g/mol. The van der Waals surface area contributed by atoms with Crippen LogP contribution in [0.3, 0.4) is 0 Å². The Morgan fingerprint density at radius 3 is 2.47 bits per heavy atom. The molecule has 3 rings (SSSR count). The summed E-state index contributed by atoms with van der Waals surface area (Å²) >= 11 is 1.81. The number of amides is 2. The molecule has 0 saturated carbocycles. The number of hydrogen-bond acceptors (Lipinski definition) is 4. The second-order valence-electron chi connectivity index (χ2n) is 8.55. The normalized spacial score (nSPS) is 16.4. The molecule has 162 valence electrons. The number of carbonyl (C=O) groups is 2. The van der Waals surface area contributed by atoms with Crippen LogP contribution in [0.4, 0.5) is 0 Å². The van der Waals surface area contributed by atoms with E-state index in [9.17, 15) is 9.59 Å². The van der Waals surface area contributed by atoms with Crippen LogP contribution in [0, 0.1) is 11.8 Å². The summed E-state index contributed by atoms with van der Waals surface area (Å²) in [4.78, 5) is 29.2. The van der Waals surface area contributed by atoms with Crippen LogP contribution in [0.5, 0.6) is 0 Å². The standard InChI is InChI=1S/C24H33N3O2S/c1-18(2)15-22(28)26-23(20-7-4-3-5-8-20)24(29)25-16-19-10-12-27(13-11-19)17-21-9-6-14-30-21/h3-9,14,18-19,23H,10-13,15-17H2,1-2H3,(H,25,29)(H,26,28). The molecule has 1 aliphatic rings. The van der Waals surface area contributed by atoms with Crippen molar-refractivity contribution in [3.63, 3.8) is 0 Å². The van der Waals surface area contributed by atoms with E-state index in [2.05, 4.69) is 33.0 Å². The lowest BCUT2D eigenvalue weighted by molar-refractivity contribution is -0.129. The van der Waals surface area contributed by atoms with E-state index in [1.54, 1.807) is 0 Å². The molecule has 1 unspecified atom stereocenters. The van der Waals surface area contributed by atoms with Gasteiger partial charge in [-0.3, -0.25) is 14.5 Å². The van der Waals surface area contributed by atoms with Gasteiger partial charge >= 0.3 is 0 Å². The number of nitrogens with zero attached hydrogens (tertiary/aromatic N) is 1. The quantitative estimate of drug-likeness (QED) is 0.636. The van der Waals surface area contributed by atoms with Crippen molar-refractivity contribution in [1.82, 2.24) is 15.5 Å². The molecule has 1 atom stereocenters. The molecular weight excluding hydrogens is 394 g/mol. The summed E-state index contributed by atoms with van der Waals surface area (Å²) in [5.74, 6) is 0.524. The zero-order valence-electron chi connectivity index (χ0n) is 18.0. The Morgan fingerprint density at radius 2 is 1.83 bits per heavy atom. The van der Waals surface area contributed by atoms with Gasteiger partial charge in [0, 0.05) is 24.4 Å². The zero-order valence-corrected chi connectivity index (χ0v) is 18.8. The van der Waals surface area contributed by atoms with Crippen LogP contribution in [0.25, 0.3) is 0 Å². The molecule has 1 saturated heterocycles. The number of benzene rings is 1. The average Bonchev–Trinajstić information content (AvgIpc) is 3.24. The Balaban J connectivity index is 1.50. The minimum Gasteiger partial charge on any atom is -0.354 e. The maximum Gasteiger partial charge on any atom is 0.247 e. The van der Waals surface area contributed by atoms with Crippen molar-refractivity contribution in [3.8, 4) is 0 Å². The van der Waals surface area contributed by atoms with E-state index >= 15 is 0 Å². The molecule has 2 aromatic rings. The lowest BCUT2D eigenvalue weighted by Gasteiger charge is -2.32. The highest BCUT2D eigenvalue weighted by Gasteiger charge is 2.25. The van der Waals surface area contributed by atoms with Gasteiger partial charge in [0.2, 0.25) is 11.8 Å². The Hall–Kier alpha value is -2.18. The van der Waals surface area contributed by atoms with Gasteiger partial charge in [-0.2, -0.15) is 0 Å². The molecule has 1 aromatic carbocycles. The lowest BCUT2D eigenvalue weighted by Crippen LogP contribution is -2.43. The predicted octanol–water partition coefficient (Wildman–Crippen LogP) is 3.98. The third-order valence-corrected chi connectivity index (χ3v) is 6.39. The third kappa shape index (κ3) is 6.96. The van der Waals surface area contributed by atoms with E-state index in [0.29, 0.717) is 18.9 Å². The van der Waals surface area contributed by atoms with Crippen LogP contribution >= 0.6 is 11.3 Å². The minimum absolute atomic E-state index is 0.0871. The summed E-state index contributed by atoms with van der Waals surface area (Å²) in [6.07, 6.45) is 2.59. The monoisotopic (exact) mass is 427 g/mol.